The molecule has 1 aliphatic heterocycles. The number of piperidine rings is 1. The lowest BCUT2D eigenvalue weighted by Gasteiger charge is -2.32. The number of anilines is 1. The quantitative estimate of drug-likeness (QED) is 0.856. The number of hydrogen-bond donors (Lipinski definition) is 1. The van der Waals surface area contributed by atoms with Crippen LogP contribution in [0.4, 0.5) is 5.69 Å². The molecule has 1 saturated heterocycles. The van der Waals surface area contributed by atoms with E-state index in [1.807, 2.05) is 12.3 Å². The fourth-order valence-electron chi connectivity index (χ4n) is 2.41. The molecule has 0 bridgehead atoms. The number of likely N-dealkylation sites (N-methyl/N-ethyl adjacent to an activating group) is 1. The van der Waals surface area contributed by atoms with Gasteiger partial charge in [0.25, 0.3) is 0 Å². The zero-order chi connectivity index (χ0) is 13.5. The number of pyridine rings is 1. The summed E-state index contributed by atoms with van der Waals surface area (Å²) in [4.78, 5) is 6.62. The predicted octanol–water partition coefficient (Wildman–Crippen LogP) is 2.77. The van der Waals surface area contributed by atoms with Crippen LogP contribution in [0.3, 0.4) is 0 Å². The fourth-order valence-corrected chi connectivity index (χ4v) is 2.41. The number of ether oxygens (including phenoxy) is 1. The highest BCUT2D eigenvalue weighted by Crippen LogP contribution is 2.19. The molecule has 106 valence electrons. The van der Waals surface area contributed by atoms with Gasteiger partial charge in [-0.15, -0.1) is 0 Å². The van der Waals surface area contributed by atoms with Gasteiger partial charge in [0.2, 0.25) is 0 Å². The highest BCUT2D eigenvalue weighted by molar-refractivity contribution is 5.45. The molecule has 4 heteroatoms. The first kappa shape index (κ1) is 14.1. The Bertz CT molecular complexity index is 383. The summed E-state index contributed by atoms with van der Waals surface area (Å²) < 4.78 is 5.89. The van der Waals surface area contributed by atoms with Crippen molar-refractivity contribution in [1.82, 2.24) is 9.88 Å². The van der Waals surface area contributed by atoms with Crippen LogP contribution in [0.1, 0.15) is 32.6 Å². The van der Waals surface area contributed by atoms with Gasteiger partial charge in [-0.05, 0) is 32.9 Å². The summed E-state index contributed by atoms with van der Waals surface area (Å²) in [5, 5.41) is 3.33. The van der Waals surface area contributed by atoms with E-state index in [1.165, 1.54) is 25.8 Å². The van der Waals surface area contributed by atoms with Gasteiger partial charge in [0, 0.05) is 18.7 Å². The maximum absolute atomic E-state index is 5.89. The number of hydrogen-bond acceptors (Lipinski definition) is 4. The predicted molar refractivity (Wildman–Crippen MR) is 78.8 cm³/mol. The van der Waals surface area contributed by atoms with E-state index in [1.54, 1.807) is 6.20 Å². The van der Waals surface area contributed by atoms with Crippen molar-refractivity contribution in [1.29, 1.82) is 0 Å². The van der Waals surface area contributed by atoms with E-state index in [2.05, 4.69) is 29.2 Å². The number of likely N-dealkylation sites (tertiary alicyclic amines) is 1. The summed E-state index contributed by atoms with van der Waals surface area (Å²) in [6.45, 7) is 5.07. The minimum atomic E-state index is 0.543. The van der Waals surface area contributed by atoms with Crippen LogP contribution in [-0.2, 0) is 0 Å². The van der Waals surface area contributed by atoms with Crippen LogP contribution in [0.25, 0.3) is 0 Å². The van der Waals surface area contributed by atoms with E-state index in [0.29, 0.717) is 6.04 Å². The van der Waals surface area contributed by atoms with Gasteiger partial charge in [0.1, 0.15) is 12.4 Å². The largest absolute Gasteiger partial charge is 0.490 e. The second kappa shape index (κ2) is 7.34. The van der Waals surface area contributed by atoms with E-state index >= 15 is 0 Å². The van der Waals surface area contributed by atoms with Crippen LogP contribution in [0.15, 0.2) is 18.5 Å². The van der Waals surface area contributed by atoms with Crippen molar-refractivity contribution in [2.75, 3.05) is 32.1 Å². The van der Waals surface area contributed by atoms with Crippen LogP contribution < -0.4 is 10.1 Å². The maximum Gasteiger partial charge on any atom is 0.139 e. The normalized spacial score (nSPS) is 20.2. The summed E-state index contributed by atoms with van der Waals surface area (Å²) in [6, 6.07) is 2.58. The SMILES string of the molecule is CCCNc1cncc(OCC2CCCCN2C)c1. The molecule has 0 spiro atoms. The fraction of sp³-hybridized carbons (Fsp3) is 0.667. The number of rotatable bonds is 6. The first-order valence-corrected chi connectivity index (χ1v) is 7.31. The number of nitrogens with one attached hydrogen (secondary N) is 1. The summed E-state index contributed by atoms with van der Waals surface area (Å²) in [5.74, 6) is 0.861. The molecule has 1 fully saturated rings. The lowest BCUT2D eigenvalue weighted by molar-refractivity contribution is 0.125. The molecule has 0 saturated carbocycles. The second-order valence-electron chi connectivity index (χ2n) is 5.28. The molecule has 1 aliphatic rings. The van der Waals surface area contributed by atoms with Gasteiger partial charge in [-0.1, -0.05) is 13.3 Å². The molecule has 19 heavy (non-hydrogen) atoms. The van der Waals surface area contributed by atoms with Crippen molar-refractivity contribution in [2.45, 2.75) is 38.6 Å². The molecule has 1 aromatic rings. The molecule has 2 rings (SSSR count). The zero-order valence-electron chi connectivity index (χ0n) is 12.1. The van der Waals surface area contributed by atoms with Crippen LogP contribution in [0.2, 0.25) is 0 Å². The Morgan fingerprint density at radius 1 is 1.42 bits per heavy atom. The molecule has 1 N–H and O–H groups in total. The minimum absolute atomic E-state index is 0.543. The van der Waals surface area contributed by atoms with Crippen molar-refractivity contribution in [3.05, 3.63) is 18.5 Å². The standard InChI is InChI=1S/C15H25N3O/c1-3-7-17-13-9-15(11-16-10-13)19-12-14-6-4-5-8-18(14)2/h9-11,14,17H,3-8,12H2,1-2H3. The van der Waals surface area contributed by atoms with E-state index in [4.69, 9.17) is 4.74 Å². The Morgan fingerprint density at radius 3 is 3.11 bits per heavy atom. The Kier molecular flexibility index (Phi) is 5.45. The lowest BCUT2D eigenvalue weighted by atomic mass is 10.0. The Morgan fingerprint density at radius 2 is 2.32 bits per heavy atom. The molecule has 4 nitrogen and oxygen atoms in total. The smallest absolute Gasteiger partial charge is 0.139 e. The third kappa shape index (κ3) is 4.39. The molecular formula is C15H25N3O. The lowest BCUT2D eigenvalue weighted by Crippen LogP contribution is -2.40. The van der Waals surface area contributed by atoms with E-state index in [9.17, 15) is 0 Å². The van der Waals surface area contributed by atoms with Crippen molar-refractivity contribution < 1.29 is 4.74 Å². The van der Waals surface area contributed by atoms with E-state index < -0.39 is 0 Å². The summed E-state index contributed by atoms with van der Waals surface area (Å²) in [7, 11) is 2.19. The number of aromatic nitrogens is 1. The first-order valence-electron chi connectivity index (χ1n) is 7.31. The Hall–Kier alpha value is -1.29. The maximum atomic E-state index is 5.89. The van der Waals surface area contributed by atoms with Gasteiger partial charge in [0.05, 0.1) is 18.1 Å². The van der Waals surface area contributed by atoms with Crippen molar-refractivity contribution >= 4 is 5.69 Å². The summed E-state index contributed by atoms with van der Waals surface area (Å²) in [5.41, 5.74) is 1.04. The monoisotopic (exact) mass is 263 g/mol. The Labute approximate surface area is 116 Å². The average molecular weight is 263 g/mol. The first-order chi connectivity index (χ1) is 9.29. The highest BCUT2D eigenvalue weighted by atomic mass is 16.5. The molecular weight excluding hydrogens is 238 g/mol. The third-order valence-electron chi connectivity index (χ3n) is 3.66. The summed E-state index contributed by atoms with van der Waals surface area (Å²) >= 11 is 0. The van der Waals surface area contributed by atoms with Crippen LogP contribution in [-0.4, -0.2) is 42.7 Å². The van der Waals surface area contributed by atoms with Gasteiger partial charge in [0.15, 0.2) is 0 Å². The van der Waals surface area contributed by atoms with Crippen LogP contribution in [0, 0.1) is 0 Å². The molecule has 1 unspecified atom stereocenters. The molecule has 0 aromatic carbocycles. The van der Waals surface area contributed by atoms with Gasteiger partial charge in [-0.25, -0.2) is 0 Å². The molecule has 1 atom stereocenters. The molecule has 0 amide bonds. The summed E-state index contributed by atoms with van der Waals surface area (Å²) in [6.07, 6.45) is 8.60. The van der Waals surface area contributed by atoms with Gasteiger partial charge in [-0.2, -0.15) is 0 Å². The third-order valence-corrected chi connectivity index (χ3v) is 3.66. The van der Waals surface area contributed by atoms with Gasteiger partial charge < -0.3 is 15.0 Å². The van der Waals surface area contributed by atoms with Crippen LogP contribution >= 0.6 is 0 Å². The average Bonchev–Trinajstić information content (AvgIpc) is 2.45. The van der Waals surface area contributed by atoms with E-state index in [0.717, 1.165) is 31.0 Å². The van der Waals surface area contributed by atoms with Gasteiger partial charge in [-0.3, -0.25) is 4.98 Å². The molecule has 1 aromatic heterocycles. The van der Waals surface area contributed by atoms with E-state index in [-0.39, 0.29) is 0 Å². The van der Waals surface area contributed by atoms with Crippen molar-refractivity contribution in [2.24, 2.45) is 0 Å². The highest BCUT2D eigenvalue weighted by Gasteiger charge is 2.19. The van der Waals surface area contributed by atoms with Crippen LogP contribution in [0.5, 0.6) is 5.75 Å². The number of nitrogens with zero attached hydrogens (tertiary/aromatic N) is 2. The zero-order valence-corrected chi connectivity index (χ0v) is 12.1. The molecule has 0 aliphatic carbocycles. The van der Waals surface area contributed by atoms with Crippen molar-refractivity contribution in [3.8, 4) is 5.75 Å². The minimum Gasteiger partial charge on any atom is -0.490 e. The second-order valence-corrected chi connectivity index (χ2v) is 5.28. The topological polar surface area (TPSA) is 37.4 Å². The van der Waals surface area contributed by atoms with Crippen molar-refractivity contribution in [3.63, 3.8) is 0 Å². The van der Waals surface area contributed by atoms with Gasteiger partial charge >= 0.3 is 0 Å². The molecule has 0 radical (unpaired) electrons. The Balaban J connectivity index is 1.84. The molecule has 2 heterocycles.